The summed E-state index contributed by atoms with van der Waals surface area (Å²) in [4.78, 5) is 0. The molecule has 2 aliphatic carbocycles. The van der Waals surface area contributed by atoms with Crippen LogP contribution in [0.1, 0.15) is 134 Å². The van der Waals surface area contributed by atoms with Crippen molar-refractivity contribution in [1.29, 1.82) is 0 Å². The Bertz CT molecular complexity index is 2490. The van der Waals surface area contributed by atoms with E-state index in [1.54, 1.807) is 38.2 Å². The van der Waals surface area contributed by atoms with Crippen molar-refractivity contribution in [3.63, 3.8) is 0 Å². The Morgan fingerprint density at radius 3 is 1.40 bits per heavy atom. The van der Waals surface area contributed by atoms with Gasteiger partial charge >= 0.3 is 374 Å². The van der Waals surface area contributed by atoms with Crippen LogP contribution in [0, 0.1) is 11.8 Å². The van der Waals surface area contributed by atoms with Crippen LogP contribution in [-0.4, -0.2) is 9.52 Å². The fourth-order valence-electron chi connectivity index (χ4n) is 11.1. The van der Waals surface area contributed by atoms with Crippen LogP contribution in [0.5, 0.6) is 0 Å². The summed E-state index contributed by atoms with van der Waals surface area (Å²) in [5.74, 6) is 2.19. The average molecular weight is 967 g/mol. The van der Waals surface area contributed by atoms with Gasteiger partial charge in [0.25, 0.3) is 0 Å². The average Bonchev–Trinajstić information content (AvgIpc) is 3.94. The number of hydrogen-bond donors (Lipinski definition) is 0. The topological polar surface area (TPSA) is 0 Å². The summed E-state index contributed by atoms with van der Waals surface area (Å²) in [6.45, 7) is 19.3. The zero-order valence-corrected chi connectivity index (χ0v) is 42.3. The van der Waals surface area contributed by atoms with Gasteiger partial charge < -0.3 is 0 Å². The van der Waals surface area contributed by atoms with Gasteiger partial charge in [0.1, 0.15) is 0 Å². The molecule has 6 aromatic rings. The van der Waals surface area contributed by atoms with Crippen LogP contribution in [0.3, 0.4) is 0 Å². The van der Waals surface area contributed by atoms with Gasteiger partial charge in [0.05, 0.1) is 0 Å². The molecule has 9 rings (SSSR count). The summed E-state index contributed by atoms with van der Waals surface area (Å²) in [7, 11) is -0.634. The molecular formula is C58H63HfSi. The van der Waals surface area contributed by atoms with Crippen LogP contribution in [0.2, 0.25) is 0 Å². The molecule has 4 atom stereocenters. The summed E-state index contributed by atoms with van der Waals surface area (Å²) in [6, 6.07) is 50.5. The molecule has 0 fully saturated rings. The Morgan fingerprint density at radius 2 is 0.900 bits per heavy atom. The van der Waals surface area contributed by atoms with E-state index in [0.29, 0.717) is 31.0 Å². The van der Waals surface area contributed by atoms with E-state index in [9.17, 15) is 0 Å². The third-order valence-electron chi connectivity index (χ3n) is 14.2. The Kier molecular flexibility index (Phi) is 11.9. The van der Waals surface area contributed by atoms with E-state index in [1.165, 1.54) is 50.1 Å². The zero-order valence-electron chi connectivity index (χ0n) is 37.3. The van der Waals surface area contributed by atoms with Gasteiger partial charge in [0, 0.05) is 0 Å². The molecule has 303 valence electrons. The van der Waals surface area contributed by atoms with Crippen molar-refractivity contribution in [3.05, 3.63) is 172 Å². The Balaban J connectivity index is 1.32. The Morgan fingerprint density at radius 1 is 0.467 bits per heavy atom. The maximum atomic E-state index is 2.73. The van der Waals surface area contributed by atoms with Crippen molar-refractivity contribution >= 4 is 35.4 Å². The molecule has 60 heavy (non-hydrogen) atoms. The minimum absolute atomic E-state index is 0.481. The molecule has 2 heteroatoms. The monoisotopic (exact) mass is 967 g/mol. The molecule has 0 bridgehead atoms. The van der Waals surface area contributed by atoms with Gasteiger partial charge in [0.15, 0.2) is 0 Å². The molecule has 4 unspecified atom stereocenters. The first-order valence-electron chi connectivity index (χ1n) is 23.1. The fourth-order valence-corrected chi connectivity index (χ4v) is 30.4. The quantitative estimate of drug-likeness (QED) is 0.101. The van der Waals surface area contributed by atoms with Crippen LogP contribution < -0.4 is 13.7 Å². The van der Waals surface area contributed by atoms with Gasteiger partial charge in [-0.1, -0.05) is 0 Å². The first kappa shape index (κ1) is 41.3. The number of benzene rings is 6. The zero-order chi connectivity index (χ0) is 41.7. The number of allylic oxidation sites excluding steroid dienone is 2. The van der Waals surface area contributed by atoms with E-state index in [2.05, 4.69) is 195 Å². The molecule has 0 amide bonds. The third kappa shape index (κ3) is 7.38. The second-order valence-corrected chi connectivity index (χ2v) is 30.2. The second kappa shape index (κ2) is 17.3. The molecule has 1 aliphatic heterocycles. The second-order valence-electron chi connectivity index (χ2n) is 19.0. The molecule has 1 heterocycles. The van der Waals surface area contributed by atoms with E-state index in [-0.39, 0.29) is 0 Å². The predicted molar refractivity (Wildman–Crippen MR) is 261 cm³/mol. The van der Waals surface area contributed by atoms with Crippen LogP contribution >= 0.6 is 0 Å². The van der Waals surface area contributed by atoms with Crippen molar-refractivity contribution in [3.8, 4) is 33.4 Å². The van der Waals surface area contributed by atoms with Crippen LogP contribution in [0.4, 0.5) is 0 Å². The number of fused-ring (bicyclic) bond motifs is 5. The van der Waals surface area contributed by atoms with E-state index >= 15 is 0 Å². The normalized spacial score (nSPS) is 17.6. The van der Waals surface area contributed by atoms with Gasteiger partial charge in [-0.2, -0.15) is 0 Å². The predicted octanol–water partition coefficient (Wildman–Crippen LogP) is 13.8. The maximum absolute atomic E-state index is 3.19. The van der Waals surface area contributed by atoms with E-state index in [0.717, 1.165) is 25.7 Å². The van der Waals surface area contributed by atoms with Gasteiger partial charge in [-0.05, 0) is 0 Å². The molecule has 0 spiro atoms. The molecule has 3 aliphatic rings. The van der Waals surface area contributed by atoms with Crippen molar-refractivity contribution in [2.24, 2.45) is 11.8 Å². The van der Waals surface area contributed by atoms with Gasteiger partial charge in [-0.3, -0.25) is 0 Å². The molecule has 0 saturated heterocycles. The van der Waals surface area contributed by atoms with Crippen molar-refractivity contribution in [2.75, 3.05) is 0 Å². The van der Waals surface area contributed by atoms with E-state index in [4.69, 9.17) is 0 Å². The first-order valence-corrected chi connectivity index (χ1v) is 30.5. The Labute approximate surface area is 371 Å². The SMILES string of the molecule is CCC(C)c1ccccc1-c1cccc2c1C=C(CC(C)C)[CH]2[Hf]([c]1cccc2c1[SiH2]c1ccccc1-2)[CH]1C(CC(C)C)=Cc2c(-c3ccccc3C(C)CC)cccc21. The third-order valence-corrected chi connectivity index (χ3v) is 30.8. The molecule has 0 aromatic heterocycles. The van der Waals surface area contributed by atoms with Crippen LogP contribution in [-0.2, 0) is 21.4 Å². The Hall–Kier alpha value is -4.11. The molecule has 0 radical (unpaired) electrons. The number of rotatable bonds is 13. The summed E-state index contributed by atoms with van der Waals surface area (Å²) in [5.41, 5.74) is 21.4. The molecule has 0 nitrogen and oxygen atoms in total. The first-order chi connectivity index (χ1) is 29.2. The molecule has 0 N–H and O–H groups in total. The molecule has 6 aromatic carbocycles. The van der Waals surface area contributed by atoms with E-state index < -0.39 is 31.0 Å². The van der Waals surface area contributed by atoms with Crippen molar-refractivity contribution < 1.29 is 21.4 Å². The van der Waals surface area contributed by atoms with Crippen molar-refractivity contribution in [1.82, 2.24) is 0 Å². The van der Waals surface area contributed by atoms with Crippen molar-refractivity contribution in [2.45, 2.75) is 100 Å². The van der Waals surface area contributed by atoms with E-state index in [1.807, 2.05) is 3.32 Å². The summed E-state index contributed by atoms with van der Waals surface area (Å²) in [6.07, 6.45) is 10.0. The standard InChI is InChI=1S/2C23H27.C12H9Si.Hf/c2*1-5-17(4)20-10-6-7-11-21(20)22-12-8-9-19-14-18(13-16(2)3)15-23(19)22;1-3-7-11-9(5-1)10-6-2-4-8-12(10)13-11;/h2*6-12,14-17H,5,13H2,1-4H3;1-7H,13H2;. The van der Waals surface area contributed by atoms with Crippen LogP contribution in [0.25, 0.3) is 45.5 Å². The summed E-state index contributed by atoms with van der Waals surface area (Å²) < 4.78 is 2.78. The van der Waals surface area contributed by atoms with Gasteiger partial charge in [-0.15, -0.1) is 0 Å². The molecular weight excluding hydrogens is 903 g/mol. The number of hydrogen-bond acceptors (Lipinski definition) is 0. The van der Waals surface area contributed by atoms with Gasteiger partial charge in [0.2, 0.25) is 0 Å². The minimum atomic E-state index is -3.19. The van der Waals surface area contributed by atoms with Crippen LogP contribution in [0.15, 0.2) is 139 Å². The fraction of sp³-hybridized carbons (Fsp3) is 0.310. The summed E-state index contributed by atoms with van der Waals surface area (Å²) >= 11 is -3.19. The molecule has 0 saturated carbocycles. The summed E-state index contributed by atoms with van der Waals surface area (Å²) in [5, 5.41) is 3.40. The van der Waals surface area contributed by atoms with Gasteiger partial charge in [-0.25, -0.2) is 0 Å².